The molecule has 3 rings (SSSR count). The van der Waals surface area contributed by atoms with Crippen LogP contribution in [0.2, 0.25) is 0 Å². The van der Waals surface area contributed by atoms with E-state index in [1.165, 1.54) is 0 Å². The molecule has 1 aliphatic rings. The van der Waals surface area contributed by atoms with Gasteiger partial charge in [0.1, 0.15) is 0 Å². The summed E-state index contributed by atoms with van der Waals surface area (Å²) in [6.07, 6.45) is 0.397. The van der Waals surface area contributed by atoms with E-state index in [1.807, 2.05) is 78.2 Å². The Kier molecular flexibility index (Phi) is 7.12. The molecule has 0 spiro atoms. The molecule has 1 heterocycles. The van der Waals surface area contributed by atoms with E-state index in [9.17, 15) is 9.59 Å². The number of hydrogen-bond donors (Lipinski definition) is 2. The van der Waals surface area contributed by atoms with E-state index in [4.69, 9.17) is 5.73 Å². The van der Waals surface area contributed by atoms with Crippen LogP contribution in [-0.2, 0) is 16.0 Å². The number of carbonyl (C=O) groups excluding carboxylic acids is 2. The number of amides is 2. The van der Waals surface area contributed by atoms with E-state index in [0.717, 1.165) is 35.7 Å². The number of benzene rings is 2. The molecule has 2 unspecified atom stereocenters. The molecule has 1 fully saturated rings. The van der Waals surface area contributed by atoms with Gasteiger partial charge in [-0.15, -0.1) is 0 Å². The Morgan fingerprint density at radius 1 is 1.07 bits per heavy atom. The second kappa shape index (κ2) is 9.75. The molecule has 2 aromatic carbocycles. The van der Waals surface area contributed by atoms with Crippen LogP contribution in [0.25, 0.3) is 0 Å². The first kappa shape index (κ1) is 20.4. The van der Waals surface area contributed by atoms with Crippen LogP contribution in [0, 0.1) is 5.92 Å². The lowest BCUT2D eigenvalue weighted by Gasteiger charge is -2.26. The van der Waals surface area contributed by atoms with Crippen molar-refractivity contribution < 1.29 is 9.59 Å². The van der Waals surface area contributed by atoms with Crippen LogP contribution < -0.4 is 11.1 Å². The zero-order valence-electron chi connectivity index (χ0n) is 16.1. The van der Waals surface area contributed by atoms with Crippen molar-refractivity contribution in [2.75, 3.05) is 29.9 Å². The number of nitrogens with two attached hydrogens (primary N) is 1. The van der Waals surface area contributed by atoms with Crippen LogP contribution >= 0.6 is 11.8 Å². The van der Waals surface area contributed by atoms with Crippen molar-refractivity contribution >= 4 is 29.3 Å². The molecule has 148 valence electrons. The van der Waals surface area contributed by atoms with Gasteiger partial charge < -0.3 is 16.0 Å². The second-order valence-electron chi connectivity index (χ2n) is 7.08. The van der Waals surface area contributed by atoms with Gasteiger partial charge in [0.15, 0.2) is 0 Å². The lowest BCUT2D eigenvalue weighted by molar-refractivity contribution is -0.130. The Labute approximate surface area is 170 Å². The Hall–Kier alpha value is -2.31. The van der Waals surface area contributed by atoms with Crippen LogP contribution in [-0.4, -0.2) is 41.3 Å². The third-order valence-electron chi connectivity index (χ3n) is 5.08. The standard InChI is InChI=1S/C22H27N3O2S/c1-16(21(23)18-5-3-2-4-6-18)22(27)24-19-9-7-17(8-10-19)15-20(26)25-11-13-28-14-12-25/h2-10,16,21H,11-15,23H2,1H3,(H,24,27). The third-order valence-corrected chi connectivity index (χ3v) is 6.02. The molecule has 0 saturated carbocycles. The molecule has 1 aliphatic heterocycles. The first-order valence-electron chi connectivity index (χ1n) is 9.60. The van der Waals surface area contributed by atoms with Gasteiger partial charge in [-0.05, 0) is 23.3 Å². The Morgan fingerprint density at radius 3 is 2.36 bits per heavy atom. The van der Waals surface area contributed by atoms with Gasteiger partial charge in [0.25, 0.3) is 0 Å². The van der Waals surface area contributed by atoms with Gasteiger partial charge in [0, 0.05) is 36.3 Å². The molecule has 0 bridgehead atoms. The number of hydrogen-bond acceptors (Lipinski definition) is 4. The fourth-order valence-corrected chi connectivity index (χ4v) is 4.09. The summed E-state index contributed by atoms with van der Waals surface area (Å²) in [4.78, 5) is 26.8. The highest BCUT2D eigenvalue weighted by atomic mass is 32.2. The van der Waals surface area contributed by atoms with E-state index in [-0.39, 0.29) is 23.8 Å². The van der Waals surface area contributed by atoms with Crippen molar-refractivity contribution in [2.24, 2.45) is 11.7 Å². The number of carbonyl (C=O) groups is 2. The summed E-state index contributed by atoms with van der Waals surface area (Å²) in [7, 11) is 0. The SMILES string of the molecule is CC(C(=O)Nc1ccc(CC(=O)N2CCSCC2)cc1)C(N)c1ccccc1. The van der Waals surface area contributed by atoms with Gasteiger partial charge in [0.05, 0.1) is 12.3 Å². The number of nitrogens with one attached hydrogen (secondary N) is 1. The van der Waals surface area contributed by atoms with Crippen LogP contribution in [0.5, 0.6) is 0 Å². The van der Waals surface area contributed by atoms with Gasteiger partial charge >= 0.3 is 0 Å². The molecule has 2 amide bonds. The maximum Gasteiger partial charge on any atom is 0.229 e. The van der Waals surface area contributed by atoms with Gasteiger partial charge in [-0.3, -0.25) is 9.59 Å². The summed E-state index contributed by atoms with van der Waals surface area (Å²) in [6.45, 7) is 3.49. The summed E-state index contributed by atoms with van der Waals surface area (Å²) < 4.78 is 0. The van der Waals surface area contributed by atoms with Crippen molar-refractivity contribution in [1.82, 2.24) is 4.90 Å². The fraction of sp³-hybridized carbons (Fsp3) is 0.364. The van der Waals surface area contributed by atoms with E-state index in [0.29, 0.717) is 12.1 Å². The molecular weight excluding hydrogens is 370 g/mol. The smallest absolute Gasteiger partial charge is 0.229 e. The van der Waals surface area contributed by atoms with Crippen molar-refractivity contribution in [3.8, 4) is 0 Å². The Morgan fingerprint density at radius 2 is 1.71 bits per heavy atom. The molecule has 28 heavy (non-hydrogen) atoms. The predicted octanol–water partition coefficient (Wildman–Crippen LogP) is 3.08. The fourth-order valence-electron chi connectivity index (χ4n) is 3.19. The van der Waals surface area contributed by atoms with Gasteiger partial charge in [-0.25, -0.2) is 0 Å². The first-order chi connectivity index (χ1) is 13.5. The topological polar surface area (TPSA) is 75.4 Å². The van der Waals surface area contributed by atoms with Crippen LogP contribution in [0.4, 0.5) is 5.69 Å². The van der Waals surface area contributed by atoms with Gasteiger partial charge in [0.2, 0.25) is 11.8 Å². The first-order valence-corrected chi connectivity index (χ1v) is 10.8. The van der Waals surface area contributed by atoms with Gasteiger partial charge in [-0.1, -0.05) is 49.4 Å². The molecule has 6 heteroatoms. The number of anilines is 1. The zero-order chi connectivity index (χ0) is 19.9. The minimum atomic E-state index is -0.361. The minimum Gasteiger partial charge on any atom is -0.341 e. The lowest BCUT2D eigenvalue weighted by Crippen LogP contribution is -2.38. The van der Waals surface area contributed by atoms with Crippen molar-refractivity contribution in [3.63, 3.8) is 0 Å². The van der Waals surface area contributed by atoms with E-state index >= 15 is 0 Å². The van der Waals surface area contributed by atoms with Crippen molar-refractivity contribution in [2.45, 2.75) is 19.4 Å². The summed E-state index contributed by atoms with van der Waals surface area (Å²) in [5.74, 6) is 1.71. The number of rotatable bonds is 6. The molecule has 5 nitrogen and oxygen atoms in total. The summed E-state index contributed by atoms with van der Waals surface area (Å²) >= 11 is 1.89. The van der Waals surface area contributed by atoms with Crippen LogP contribution in [0.1, 0.15) is 24.1 Å². The predicted molar refractivity (Wildman–Crippen MR) is 115 cm³/mol. The van der Waals surface area contributed by atoms with Crippen LogP contribution in [0.15, 0.2) is 54.6 Å². The normalized spacial score (nSPS) is 16.3. The van der Waals surface area contributed by atoms with Crippen LogP contribution in [0.3, 0.4) is 0 Å². The molecule has 2 aromatic rings. The summed E-state index contributed by atoms with van der Waals surface area (Å²) in [5.41, 5.74) is 8.84. The highest BCUT2D eigenvalue weighted by Gasteiger charge is 2.22. The maximum absolute atomic E-state index is 12.5. The Balaban J connectivity index is 1.54. The molecule has 0 aliphatic carbocycles. The number of nitrogens with zero attached hydrogens (tertiary/aromatic N) is 1. The molecule has 0 aromatic heterocycles. The van der Waals surface area contributed by atoms with Crippen molar-refractivity contribution in [3.05, 3.63) is 65.7 Å². The number of thioether (sulfide) groups is 1. The zero-order valence-corrected chi connectivity index (χ0v) is 17.0. The molecule has 0 radical (unpaired) electrons. The largest absolute Gasteiger partial charge is 0.341 e. The monoisotopic (exact) mass is 397 g/mol. The van der Waals surface area contributed by atoms with Crippen molar-refractivity contribution in [1.29, 1.82) is 0 Å². The minimum absolute atomic E-state index is 0.119. The molecule has 2 atom stereocenters. The second-order valence-corrected chi connectivity index (χ2v) is 8.31. The van der Waals surface area contributed by atoms with Gasteiger partial charge in [-0.2, -0.15) is 11.8 Å². The average molecular weight is 398 g/mol. The quantitative estimate of drug-likeness (QED) is 0.785. The maximum atomic E-state index is 12.5. The van der Waals surface area contributed by atoms with E-state index in [2.05, 4.69) is 5.32 Å². The summed E-state index contributed by atoms with van der Waals surface area (Å²) in [6, 6.07) is 16.7. The van der Waals surface area contributed by atoms with E-state index in [1.54, 1.807) is 0 Å². The average Bonchev–Trinajstić information content (AvgIpc) is 2.75. The Bertz CT molecular complexity index is 789. The molecule has 1 saturated heterocycles. The molecule has 3 N–H and O–H groups in total. The third kappa shape index (κ3) is 5.36. The summed E-state index contributed by atoms with van der Waals surface area (Å²) in [5, 5.41) is 2.92. The molecular formula is C22H27N3O2S. The highest BCUT2D eigenvalue weighted by molar-refractivity contribution is 7.99. The lowest BCUT2D eigenvalue weighted by atomic mass is 9.94. The highest BCUT2D eigenvalue weighted by Crippen LogP contribution is 2.21. The van der Waals surface area contributed by atoms with E-state index < -0.39 is 0 Å².